The number of hydrazine groups is 1. The summed E-state index contributed by atoms with van der Waals surface area (Å²) in [6, 6.07) is 7.75. The number of hydrogen-bond donors (Lipinski definition) is 2. The molecule has 0 amide bonds. The Kier molecular flexibility index (Phi) is 4.62. The zero-order chi connectivity index (χ0) is 14.0. The van der Waals surface area contributed by atoms with Crippen LogP contribution in [0.4, 0.5) is 0 Å². The van der Waals surface area contributed by atoms with Gasteiger partial charge in [0.05, 0.1) is 11.7 Å². The lowest BCUT2D eigenvalue weighted by Gasteiger charge is -2.18. The van der Waals surface area contributed by atoms with Gasteiger partial charge in [0.15, 0.2) is 0 Å². The zero-order valence-corrected chi connectivity index (χ0v) is 13.2. The maximum Gasteiger partial charge on any atom is 0.0596 e. The van der Waals surface area contributed by atoms with Crippen LogP contribution in [0.3, 0.4) is 0 Å². The average Bonchev–Trinajstić information content (AvgIpc) is 2.68. The van der Waals surface area contributed by atoms with Gasteiger partial charge < -0.3 is 0 Å². The highest BCUT2D eigenvalue weighted by Crippen LogP contribution is 2.28. The fourth-order valence-electron chi connectivity index (χ4n) is 2.10. The quantitative estimate of drug-likeness (QED) is 0.663. The number of nitrogens with zero attached hydrogens (tertiary/aromatic N) is 2. The van der Waals surface area contributed by atoms with Crippen molar-refractivity contribution in [2.75, 3.05) is 0 Å². The van der Waals surface area contributed by atoms with Crippen LogP contribution in [0.25, 0.3) is 0 Å². The van der Waals surface area contributed by atoms with E-state index in [4.69, 9.17) is 17.4 Å². The molecule has 0 bridgehead atoms. The van der Waals surface area contributed by atoms with Crippen LogP contribution in [-0.4, -0.2) is 9.78 Å². The second-order valence-corrected chi connectivity index (χ2v) is 5.81. The summed E-state index contributed by atoms with van der Waals surface area (Å²) in [4.78, 5) is 0. The van der Waals surface area contributed by atoms with Gasteiger partial charge in [0.25, 0.3) is 0 Å². The maximum atomic E-state index is 6.24. The van der Waals surface area contributed by atoms with Gasteiger partial charge in [0.2, 0.25) is 0 Å². The highest BCUT2D eigenvalue weighted by Gasteiger charge is 2.16. The summed E-state index contributed by atoms with van der Waals surface area (Å²) >= 11 is 9.70. The second kappa shape index (κ2) is 6.05. The predicted octanol–water partition coefficient (Wildman–Crippen LogP) is 2.89. The molecule has 0 saturated heterocycles. The van der Waals surface area contributed by atoms with Gasteiger partial charge in [-0.2, -0.15) is 5.10 Å². The molecule has 2 rings (SSSR count). The monoisotopic (exact) mass is 342 g/mol. The van der Waals surface area contributed by atoms with Gasteiger partial charge in [-0.3, -0.25) is 16.0 Å². The van der Waals surface area contributed by atoms with E-state index in [-0.39, 0.29) is 6.04 Å². The molecule has 0 aliphatic carbocycles. The Bertz CT molecular complexity index is 582. The van der Waals surface area contributed by atoms with Crippen LogP contribution in [0.1, 0.15) is 23.0 Å². The molecule has 1 aromatic carbocycles. The van der Waals surface area contributed by atoms with Gasteiger partial charge in [0, 0.05) is 28.7 Å². The predicted molar refractivity (Wildman–Crippen MR) is 80.9 cm³/mol. The summed E-state index contributed by atoms with van der Waals surface area (Å²) in [7, 11) is 1.93. The van der Waals surface area contributed by atoms with E-state index in [1.165, 1.54) is 0 Å². The Morgan fingerprint density at radius 2 is 2.21 bits per heavy atom. The molecule has 1 unspecified atom stereocenters. The molecule has 0 spiro atoms. The van der Waals surface area contributed by atoms with Crippen molar-refractivity contribution in [3.8, 4) is 0 Å². The summed E-state index contributed by atoms with van der Waals surface area (Å²) < 4.78 is 2.85. The first-order valence-electron chi connectivity index (χ1n) is 5.92. The summed E-state index contributed by atoms with van der Waals surface area (Å²) in [5, 5.41) is 5.04. The molecule has 2 aromatic rings. The molecule has 3 N–H and O–H groups in total. The number of nitrogens with two attached hydrogens (primary N) is 1. The van der Waals surface area contributed by atoms with Gasteiger partial charge in [-0.15, -0.1) is 0 Å². The van der Waals surface area contributed by atoms with Crippen LogP contribution >= 0.6 is 27.5 Å². The van der Waals surface area contributed by atoms with Crippen LogP contribution < -0.4 is 11.3 Å². The Labute approximate surface area is 126 Å². The third-order valence-corrected chi connectivity index (χ3v) is 3.88. The summed E-state index contributed by atoms with van der Waals surface area (Å²) in [6.07, 6.45) is 0.726. The van der Waals surface area contributed by atoms with Crippen molar-refractivity contribution in [1.82, 2.24) is 15.2 Å². The van der Waals surface area contributed by atoms with E-state index in [0.717, 1.165) is 27.8 Å². The maximum absolute atomic E-state index is 6.24. The largest absolute Gasteiger partial charge is 0.272 e. The lowest BCUT2D eigenvalue weighted by Crippen LogP contribution is -2.30. The van der Waals surface area contributed by atoms with Crippen molar-refractivity contribution in [3.05, 3.63) is 50.7 Å². The van der Waals surface area contributed by atoms with Crippen LogP contribution in [0.2, 0.25) is 5.02 Å². The number of aryl methyl sites for hydroxylation is 2. The molecule has 102 valence electrons. The number of nitrogens with one attached hydrogen (secondary N) is 1. The molecule has 19 heavy (non-hydrogen) atoms. The Balaban J connectivity index is 2.30. The van der Waals surface area contributed by atoms with Crippen molar-refractivity contribution in [1.29, 1.82) is 0 Å². The molecular weight excluding hydrogens is 328 g/mol. The second-order valence-electron chi connectivity index (χ2n) is 4.49. The topological polar surface area (TPSA) is 55.9 Å². The standard InChI is InChI=1S/C13H16BrClN4/c1-8-5-10(19(2)18-8)7-13(17-16)11-6-9(14)3-4-12(11)15/h3-6,13,17H,7,16H2,1-2H3. The highest BCUT2D eigenvalue weighted by molar-refractivity contribution is 9.10. The highest BCUT2D eigenvalue weighted by atomic mass is 79.9. The Morgan fingerprint density at radius 3 is 2.79 bits per heavy atom. The summed E-state index contributed by atoms with van der Waals surface area (Å²) in [6.45, 7) is 1.97. The fourth-order valence-corrected chi connectivity index (χ4v) is 2.73. The summed E-state index contributed by atoms with van der Waals surface area (Å²) in [5.74, 6) is 5.67. The lowest BCUT2D eigenvalue weighted by molar-refractivity contribution is 0.530. The van der Waals surface area contributed by atoms with Crippen LogP contribution in [0.5, 0.6) is 0 Å². The van der Waals surface area contributed by atoms with Crippen molar-refractivity contribution < 1.29 is 0 Å². The van der Waals surface area contributed by atoms with Crippen molar-refractivity contribution >= 4 is 27.5 Å². The number of aromatic nitrogens is 2. The molecule has 0 radical (unpaired) electrons. The molecule has 1 aromatic heterocycles. The van der Waals surface area contributed by atoms with E-state index in [9.17, 15) is 0 Å². The molecule has 0 aliphatic rings. The molecule has 0 saturated carbocycles. The Morgan fingerprint density at radius 1 is 1.47 bits per heavy atom. The van der Waals surface area contributed by atoms with Crippen molar-refractivity contribution in [2.45, 2.75) is 19.4 Å². The van der Waals surface area contributed by atoms with Crippen LogP contribution in [-0.2, 0) is 13.5 Å². The Hall–Kier alpha value is -0.880. The van der Waals surface area contributed by atoms with E-state index in [1.807, 2.05) is 36.9 Å². The smallest absolute Gasteiger partial charge is 0.0596 e. The third-order valence-electron chi connectivity index (χ3n) is 3.05. The zero-order valence-electron chi connectivity index (χ0n) is 10.8. The van der Waals surface area contributed by atoms with Crippen LogP contribution in [0, 0.1) is 6.92 Å². The van der Waals surface area contributed by atoms with Gasteiger partial charge in [0.1, 0.15) is 0 Å². The average molecular weight is 344 g/mol. The minimum absolute atomic E-state index is 0.0557. The normalized spacial score (nSPS) is 12.7. The molecule has 6 heteroatoms. The van der Waals surface area contributed by atoms with E-state index in [2.05, 4.69) is 32.5 Å². The molecule has 1 heterocycles. The van der Waals surface area contributed by atoms with E-state index >= 15 is 0 Å². The van der Waals surface area contributed by atoms with Gasteiger partial charge in [-0.1, -0.05) is 27.5 Å². The number of halogens is 2. The van der Waals surface area contributed by atoms with Crippen molar-refractivity contribution in [3.63, 3.8) is 0 Å². The molecule has 0 fully saturated rings. The first-order valence-corrected chi connectivity index (χ1v) is 7.09. The molecule has 4 nitrogen and oxygen atoms in total. The number of benzene rings is 1. The minimum atomic E-state index is -0.0557. The van der Waals surface area contributed by atoms with Crippen LogP contribution in [0.15, 0.2) is 28.7 Å². The van der Waals surface area contributed by atoms with E-state index in [0.29, 0.717) is 5.02 Å². The van der Waals surface area contributed by atoms with E-state index in [1.54, 1.807) is 0 Å². The first kappa shape index (κ1) is 14.5. The van der Waals surface area contributed by atoms with Crippen molar-refractivity contribution in [2.24, 2.45) is 12.9 Å². The van der Waals surface area contributed by atoms with Gasteiger partial charge >= 0.3 is 0 Å². The first-order chi connectivity index (χ1) is 9.01. The number of rotatable bonds is 4. The number of hydrogen-bond acceptors (Lipinski definition) is 3. The fraction of sp³-hybridized carbons (Fsp3) is 0.308. The lowest BCUT2D eigenvalue weighted by atomic mass is 10.0. The summed E-state index contributed by atoms with van der Waals surface area (Å²) in [5.41, 5.74) is 5.90. The molecule has 1 atom stereocenters. The molecule has 0 aliphatic heterocycles. The molecular formula is C13H16BrClN4. The minimum Gasteiger partial charge on any atom is -0.272 e. The van der Waals surface area contributed by atoms with E-state index < -0.39 is 0 Å². The van der Waals surface area contributed by atoms with Gasteiger partial charge in [-0.25, -0.2) is 0 Å². The van der Waals surface area contributed by atoms with Gasteiger partial charge in [-0.05, 0) is 36.8 Å². The SMILES string of the molecule is Cc1cc(CC(NN)c2cc(Br)ccc2Cl)n(C)n1. The third kappa shape index (κ3) is 3.36.